The third-order valence-corrected chi connectivity index (χ3v) is 8.27. The van der Waals surface area contributed by atoms with E-state index in [1.165, 1.54) is 4.90 Å². The Morgan fingerprint density at radius 2 is 1.24 bits per heavy atom. The zero-order chi connectivity index (χ0) is 43.0. The Labute approximate surface area is 337 Å². The molecule has 0 spiro atoms. The highest BCUT2D eigenvalue weighted by Crippen LogP contribution is 2.22. The Morgan fingerprint density at radius 3 is 1.72 bits per heavy atom. The van der Waals surface area contributed by atoms with E-state index in [-0.39, 0.29) is 46.1 Å². The summed E-state index contributed by atoms with van der Waals surface area (Å²) in [5, 5.41) is 4.99. The van der Waals surface area contributed by atoms with Gasteiger partial charge < -0.3 is 44.1 Å². The van der Waals surface area contributed by atoms with Gasteiger partial charge in [0.2, 0.25) is 0 Å². The van der Waals surface area contributed by atoms with E-state index in [4.69, 9.17) is 23.7 Å². The summed E-state index contributed by atoms with van der Waals surface area (Å²) >= 11 is 0. The molecule has 0 radical (unpaired) electrons. The van der Waals surface area contributed by atoms with Crippen molar-refractivity contribution < 1.29 is 62.0 Å². The number of hydrogen-bond donors (Lipinski definition) is 2. The van der Waals surface area contributed by atoms with Gasteiger partial charge in [-0.05, 0) is 51.7 Å². The van der Waals surface area contributed by atoms with Crippen LogP contribution in [0.5, 0.6) is 0 Å². The first-order valence-electron chi connectivity index (χ1n) is 18.8. The van der Waals surface area contributed by atoms with E-state index >= 15 is 0 Å². The number of carbonyl (C=O) groups is 8. The molecule has 2 aliphatic heterocycles. The summed E-state index contributed by atoms with van der Waals surface area (Å²) in [7, 11) is 0. The minimum absolute atomic E-state index is 0.0615. The lowest BCUT2D eigenvalue weighted by atomic mass is 10.0. The number of imide groups is 1. The molecule has 18 nitrogen and oxygen atoms in total. The van der Waals surface area contributed by atoms with Crippen molar-refractivity contribution in [3.63, 3.8) is 0 Å². The van der Waals surface area contributed by atoms with Crippen molar-refractivity contribution in [1.29, 1.82) is 0 Å². The van der Waals surface area contributed by atoms with Gasteiger partial charge in [-0.25, -0.2) is 28.9 Å². The van der Waals surface area contributed by atoms with Crippen molar-refractivity contribution in [2.24, 2.45) is 5.92 Å². The van der Waals surface area contributed by atoms with Gasteiger partial charge in [-0.2, -0.15) is 0 Å². The highest BCUT2D eigenvalue weighted by Gasteiger charge is 2.49. The molecule has 18 heteroatoms. The van der Waals surface area contributed by atoms with E-state index in [0.717, 1.165) is 20.9 Å². The van der Waals surface area contributed by atoms with E-state index in [0.29, 0.717) is 0 Å². The Bertz CT molecular complexity index is 1750. The lowest BCUT2D eigenvalue weighted by molar-refractivity contribution is -0.153. The largest absolute Gasteiger partial charge is 0.465 e. The van der Waals surface area contributed by atoms with Gasteiger partial charge in [-0.3, -0.25) is 14.4 Å². The van der Waals surface area contributed by atoms with Gasteiger partial charge in [0.25, 0.3) is 5.91 Å². The average Bonchev–Trinajstić information content (AvgIpc) is 3.70. The molecule has 0 saturated carbocycles. The molecule has 2 aromatic rings. The molecule has 58 heavy (non-hydrogen) atoms. The molecule has 0 bridgehead atoms. The normalized spacial score (nSPS) is 16.7. The highest BCUT2D eigenvalue weighted by atomic mass is 16.6. The number of hydrogen-bond acceptors (Lipinski definition) is 13. The molecular weight excluding hydrogens is 758 g/mol. The molecule has 0 aliphatic carbocycles. The fraction of sp³-hybridized carbons (Fsp3) is 0.500. The van der Waals surface area contributed by atoms with E-state index in [2.05, 4.69) is 10.6 Å². The Hall–Kier alpha value is -6.20. The molecule has 2 fully saturated rings. The highest BCUT2D eigenvalue weighted by molar-refractivity contribution is 6.04. The number of amides is 6. The minimum Gasteiger partial charge on any atom is -0.465 e. The lowest BCUT2D eigenvalue weighted by Crippen LogP contribution is -2.56. The first kappa shape index (κ1) is 46.2. The van der Waals surface area contributed by atoms with Gasteiger partial charge in [0.1, 0.15) is 44.0 Å². The van der Waals surface area contributed by atoms with Crippen molar-refractivity contribution >= 4 is 47.9 Å². The van der Waals surface area contributed by atoms with Gasteiger partial charge >= 0.3 is 42.0 Å². The van der Waals surface area contributed by atoms with Gasteiger partial charge in [-0.1, -0.05) is 74.5 Å². The molecule has 3 atom stereocenters. The molecule has 2 heterocycles. The maximum Gasteiger partial charge on any atom is 0.408 e. The van der Waals surface area contributed by atoms with Gasteiger partial charge in [0, 0.05) is 0 Å². The van der Waals surface area contributed by atoms with Crippen molar-refractivity contribution in [2.75, 3.05) is 39.4 Å². The second-order valence-corrected chi connectivity index (χ2v) is 14.4. The first-order valence-corrected chi connectivity index (χ1v) is 18.8. The van der Waals surface area contributed by atoms with Crippen LogP contribution >= 0.6 is 0 Å². The summed E-state index contributed by atoms with van der Waals surface area (Å²) in [5.74, 6) is -3.78. The lowest BCUT2D eigenvalue weighted by Gasteiger charge is -2.29. The number of alkyl carbamates (subject to hydrolysis) is 1. The van der Waals surface area contributed by atoms with Crippen LogP contribution in [0.15, 0.2) is 60.7 Å². The summed E-state index contributed by atoms with van der Waals surface area (Å²) in [6, 6.07) is 13.6. The second kappa shape index (κ2) is 21.9. The third kappa shape index (κ3) is 14.4. The van der Waals surface area contributed by atoms with E-state index in [1.54, 1.807) is 72.7 Å². The van der Waals surface area contributed by atoms with E-state index < -0.39 is 84.1 Å². The number of rotatable bonds is 15. The third-order valence-electron chi connectivity index (χ3n) is 8.27. The van der Waals surface area contributed by atoms with Crippen LogP contribution in [0.4, 0.5) is 14.4 Å². The van der Waals surface area contributed by atoms with Crippen molar-refractivity contribution in [3.8, 4) is 0 Å². The summed E-state index contributed by atoms with van der Waals surface area (Å²) in [6.45, 7) is 11.4. The maximum atomic E-state index is 13.5. The Morgan fingerprint density at radius 1 is 0.741 bits per heavy atom. The van der Waals surface area contributed by atoms with Crippen LogP contribution in [-0.2, 0) is 60.9 Å². The van der Waals surface area contributed by atoms with E-state index in [1.807, 2.05) is 36.4 Å². The molecule has 316 valence electrons. The number of esters is 4. The van der Waals surface area contributed by atoms with Crippen molar-refractivity contribution in [2.45, 2.75) is 85.4 Å². The summed E-state index contributed by atoms with van der Waals surface area (Å²) in [4.78, 5) is 102. The van der Waals surface area contributed by atoms with Gasteiger partial charge in [0.15, 0.2) is 6.04 Å². The molecule has 6 amide bonds. The van der Waals surface area contributed by atoms with Crippen LogP contribution in [-0.4, -0.2) is 126 Å². The Kier molecular flexibility index (Phi) is 17.5. The standard InChI is InChI=1S/C25H35N3O8.C15H18N2O5/c1-7-34-19(29)14-27-13-18(22(31)35-15-17-11-9-8-10-12-17)28(24(27)33)21(30)20(16(2)3)26-23(32)36-25(4,5)6;1-2-21-13(18)9-17-8-12(16-15(17)20)14(19)22-10-11-6-4-3-5-7-11/h8-12,16,18,20H,7,13-15H2,1-6H3,(H,26,32);3-7,12H,2,8-10H2,1H3,(H,16,20)/t;12-/m.0/s1. The number of ether oxygens (including phenoxy) is 5. The number of urea groups is 2. The minimum atomic E-state index is -1.31. The predicted octanol–water partition coefficient (Wildman–Crippen LogP) is 3.16. The molecule has 2 unspecified atom stereocenters. The second-order valence-electron chi connectivity index (χ2n) is 14.4. The van der Waals surface area contributed by atoms with Crippen molar-refractivity contribution in [1.82, 2.24) is 25.3 Å². The zero-order valence-electron chi connectivity index (χ0n) is 33.9. The van der Waals surface area contributed by atoms with Crippen LogP contribution < -0.4 is 10.6 Å². The summed E-state index contributed by atoms with van der Waals surface area (Å²) in [5.41, 5.74) is 0.782. The van der Waals surface area contributed by atoms with E-state index in [9.17, 15) is 38.4 Å². The topological polar surface area (TPSA) is 216 Å². The zero-order valence-corrected chi connectivity index (χ0v) is 33.9. The maximum absolute atomic E-state index is 13.5. The molecule has 2 aliphatic rings. The number of nitrogens with one attached hydrogen (secondary N) is 2. The molecule has 0 aromatic heterocycles. The van der Waals surface area contributed by atoms with Crippen LogP contribution in [0.25, 0.3) is 0 Å². The number of benzene rings is 2. The van der Waals surface area contributed by atoms with Crippen LogP contribution in [0.2, 0.25) is 0 Å². The average molecular weight is 812 g/mol. The SMILES string of the molecule is CCOC(=O)CN1CC(C(=O)OCc2ccccc2)N(C(=O)C(NC(=O)OC(C)(C)C)C(C)C)C1=O.CCOC(=O)CN1C[C@@H](C(=O)OCc2ccccc2)NC1=O. The summed E-state index contributed by atoms with van der Waals surface area (Å²) in [6.07, 6.45) is -0.840. The summed E-state index contributed by atoms with van der Waals surface area (Å²) < 4.78 is 25.5. The number of nitrogens with zero attached hydrogens (tertiary/aromatic N) is 3. The van der Waals surface area contributed by atoms with Crippen LogP contribution in [0, 0.1) is 5.92 Å². The molecule has 2 N–H and O–H groups in total. The van der Waals surface area contributed by atoms with Gasteiger partial charge in [0.05, 0.1) is 26.3 Å². The fourth-order valence-corrected chi connectivity index (χ4v) is 5.55. The Balaban J connectivity index is 0.000000348. The molecule has 2 saturated heterocycles. The molecule has 2 aromatic carbocycles. The predicted molar refractivity (Wildman–Crippen MR) is 205 cm³/mol. The quantitative estimate of drug-likeness (QED) is 0.196. The monoisotopic (exact) mass is 811 g/mol. The van der Waals surface area contributed by atoms with Crippen molar-refractivity contribution in [3.05, 3.63) is 71.8 Å². The fourth-order valence-electron chi connectivity index (χ4n) is 5.55. The van der Waals surface area contributed by atoms with Gasteiger partial charge in [-0.15, -0.1) is 0 Å². The first-order chi connectivity index (χ1) is 27.4. The van der Waals surface area contributed by atoms with Crippen LogP contribution in [0.1, 0.15) is 59.6 Å². The molecular formula is C40H53N5O13. The molecule has 4 rings (SSSR count). The smallest absolute Gasteiger partial charge is 0.408 e. The number of carbonyl (C=O) groups excluding carboxylic acids is 8. The van der Waals surface area contributed by atoms with Crippen LogP contribution in [0.3, 0.4) is 0 Å².